The summed E-state index contributed by atoms with van der Waals surface area (Å²) < 4.78 is 0. The molecule has 0 bridgehead atoms. The molecule has 3 aromatic rings. The zero-order chi connectivity index (χ0) is 12.4. The first-order valence-corrected chi connectivity index (χ1v) is 5.90. The van der Waals surface area contributed by atoms with Gasteiger partial charge in [-0.15, -0.1) is 0 Å². The zero-order valence-electron chi connectivity index (χ0n) is 10.1. The van der Waals surface area contributed by atoms with E-state index in [-0.39, 0.29) is 0 Å². The molecule has 4 heteroatoms. The molecule has 0 aliphatic carbocycles. The van der Waals surface area contributed by atoms with Crippen LogP contribution in [0.15, 0.2) is 42.9 Å². The molecule has 90 valence electrons. The fourth-order valence-electron chi connectivity index (χ4n) is 2.03. The van der Waals surface area contributed by atoms with E-state index in [0.717, 1.165) is 34.5 Å². The Labute approximate surface area is 105 Å². The van der Waals surface area contributed by atoms with Crippen LogP contribution in [0.3, 0.4) is 0 Å². The van der Waals surface area contributed by atoms with E-state index < -0.39 is 0 Å². The summed E-state index contributed by atoms with van der Waals surface area (Å²) in [5.74, 6) is 0. The summed E-state index contributed by atoms with van der Waals surface area (Å²) >= 11 is 0. The highest BCUT2D eigenvalue weighted by Crippen LogP contribution is 2.23. The predicted octanol–water partition coefficient (Wildman–Crippen LogP) is 2.88. The van der Waals surface area contributed by atoms with Crippen LogP contribution in [-0.4, -0.2) is 15.0 Å². The van der Waals surface area contributed by atoms with Crippen molar-refractivity contribution in [3.05, 3.63) is 54.2 Å². The normalized spacial score (nSPS) is 10.7. The van der Waals surface area contributed by atoms with Crippen LogP contribution in [0, 0.1) is 6.92 Å². The van der Waals surface area contributed by atoms with Gasteiger partial charge >= 0.3 is 0 Å². The first-order chi connectivity index (χ1) is 8.83. The maximum Gasteiger partial charge on any atom is 0.0922 e. The molecule has 2 N–H and O–H groups in total. The number of rotatable bonds is 3. The number of para-hydroxylation sites is 1. The monoisotopic (exact) mass is 238 g/mol. The lowest BCUT2D eigenvalue weighted by molar-refractivity contribution is 1.07. The molecule has 0 aliphatic heterocycles. The summed E-state index contributed by atoms with van der Waals surface area (Å²) in [6, 6.07) is 10.2. The van der Waals surface area contributed by atoms with Crippen LogP contribution in [-0.2, 0) is 6.54 Å². The summed E-state index contributed by atoms with van der Waals surface area (Å²) in [4.78, 5) is 11.6. The molecular weight excluding hydrogens is 224 g/mol. The van der Waals surface area contributed by atoms with Gasteiger partial charge in [-0.05, 0) is 19.1 Å². The molecule has 0 saturated heterocycles. The average molecular weight is 238 g/mol. The largest absolute Gasteiger partial charge is 0.379 e. The third-order valence-electron chi connectivity index (χ3n) is 2.87. The number of fused-ring (bicyclic) bond motifs is 1. The Morgan fingerprint density at radius 1 is 1.28 bits per heavy atom. The number of H-pyrrole nitrogens is 1. The number of hydrogen-bond donors (Lipinski definition) is 2. The van der Waals surface area contributed by atoms with E-state index >= 15 is 0 Å². The Hall–Kier alpha value is -2.36. The maximum absolute atomic E-state index is 4.52. The number of pyridine rings is 1. The number of aromatic amines is 1. The van der Waals surface area contributed by atoms with Gasteiger partial charge in [-0.1, -0.05) is 18.2 Å². The summed E-state index contributed by atoms with van der Waals surface area (Å²) in [5, 5.41) is 4.56. The van der Waals surface area contributed by atoms with Crippen LogP contribution in [0.2, 0.25) is 0 Å². The SMILES string of the molecule is Cc1cc(NCc2cnc[nH]2)c2ccccc2n1. The van der Waals surface area contributed by atoms with Crippen molar-refractivity contribution in [2.24, 2.45) is 0 Å². The van der Waals surface area contributed by atoms with Gasteiger partial charge in [0.15, 0.2) is 0 Å². The summed E-state index contributed by atoms with van der Waals surface area (Å²) in [7, 11) is 0. The van der Waals surface area contributed by atoms with Crippen molar-refractivity contribution in [2.45, 2.75) is 13.5 Å². The first kappa shape index (κ1) is 10.8. The highest BCUT2D eigenvalue weighted by molar-refractivity contribution is 5.91. The minimum absolute atomic E-state index is 0.730. The van der Waals surface area contributed by atoms with Crippen molar-refractivity contribution in [3.63, 3.8) is 0 Å². The van der Waals surface area contributed by atoms with E-state index in [9.17, 15) is 0 Å². The Morgan fingerprint density at radius 2 is 2.17 bits per heavy atom. The molecule has 0 radical (unpaired) electrons. The van der Waals surface area contributed by atoms with Gasteiger partial charge in [0.2, 0.25) is 0 Å². The smallest absolute Gasteiger partial charge is 0.0922 e. The van der Waals surface area contributed by atoms with E-state index in [4.69, 9.17) is 0 Å². The molecule has 18 heavy (non-hydrogen) atoms. The van der Waals surface area contributed by atoms with Crippen LogP contribution in [0.5, 0.6) is 0 Å². The van der Waals surface area contributed by atoms with Crippen molar-refractivity contribution >= 4 is 16.6 Å². The third-order valence-corrected chi connectivity index (χ3v) is 2.87. The van der Waals surface area contributed by atoms with E-state index in [1.165, 1.54) is 0 Å². The van der Waals surface area contributed by atoms with Gasteiger partial charge in [0.05, 0.1) is 24.1 Å². The summed E-state index contributed by atoms with van der Waals surface area (Å²) in [6.45, 7) is 2.74. The fourth-order valence-corrected chi connectivity index (χ4v) is 2.03. The van der Waals surface area contributed by atoms with E-state index in [1.807, 2.05) is 31.3 Å². The molecule has 3 rings (SSSR count). The molecule has 0 atom stereocenters. The first-order valence-electron chi connectivity index (χ1n) is 5.90. The van der Waals surface area contributed by atoms with E-state index in [2.05, 4.69) is 32.4 Å². The van der Waals surface area contributed by atoms with Crippen LogP contribution < -0.4 is 5.32 Å². The second kappa shape index (κ2) is 4.49. The van der Waals surface area contributed by atoms with Gasteiger partial charge in [-0.2, -0.15) is 0 Å². The lowest BCUT2D eigenvalue weighted by atomic mass is 10.1. The Morgan fingerprint density at radius 3 is 3.00 bits per heavy atom. The lowest BCUT2D eigenvalue weighted by Crippen LogP contribution is -2.01. The van der Waals surface area contributed by atoms with Crippen molar-refractivity contribution in [3.8, 4) is 0 Å². The topological polar surface area (TPSA) is 53.6 Å². The van der Waals surface area contributed by atoms with Crippen LogP contribution in [0.4, 0.5) is 5.69 Å². The molecule has 0 amide bonds. The number of nitrogens with zero attached hydrogens (tertiary/aromatic N) is 2. The number of imidazole rings is 1. The van der Waals surface area contributed by atoms with E-state index in [1.54, 1.807) is 6.33 Å². The van der Waals surface area contributed by atoms with Gasteiger partial charge < -0.3 is 10.3 Å². The second-order valence-electron chi connectivity index (χ2n) is 4.26. The molecule has 0 unspecified atom stereocenters. The van der Waals surface area contributed by atoms with Crippen molar-refractivity contribution < 1.29 is 0 Å². The Balaban J connectivity index is 1.95. The molecular formula is C14H14N4. The quantitative estimate of drug-likeness (QED) is 0.737. The minimum atomic E-state index is 0.730. The van der Waals surface area contributed by atoms with Crippen molar-refractivity contribution in [1.82, 2.24) is 15.0 Å². The van der Waals surface area contributed by atoms with E-state index in [0.29, 0.717) is 0 Å². The van der Waals surface area contributed by atoms with Crippen LogP contribution in [0.1, 0.15) is 11.4 Å². The molecule has 0 fully saturated rings. The van der Waals surface area contributed by atoms with Crippen molar-refractivity contribution in [1.29, 1.82) is 0 Å². The predicted molar refractivity (Wildman–Crippen MR) is 72.4 cm³/mol. The average Bonchev–Trinajstić information content (AvgIpc) is 2.89. The number of aryl methyl sites for hydroxylation is 1. The van der Waals surface area contributed by atoms with Gasteiger partial charge in [0.25, 0.3) is 0 Å². The number of aromatic nitrogens is 3. The molecule has 2 heterocycles. The maximum atomic E-state index is 4.52. The highest BCUT2D eigenvalue weighted by Gasteiger charge is 2.03. The molecule has 2 aromatic heterocycles. The number of anilines is 1. The highest BCUT2D eigenvalue weighted by atomic mass is 14.9. The number of benzene rings is 1. The summed E-state index contributed by atoms with van der Waals surface area (Å²) in [6.07, 6.45) is 3.51. The Kier molecular flexibility index (Phi) is 2.68. The van der Waals surface area contributed by atoms with Crippen molar-refractivity contribution in [2.75, 3.05) is 5.32 Å². The minimum Gasteiger partial charge on any atom is -0.379 e. The number of nitrogens with one attached hydrogen (secondary N) is 2. The molecule has 4 nitrogen and oxygen atoms in total. The van der Waals surface area contributed by atoms with Gasteiger partial charge in [-0.25, -0.2) is 4.98 Å². The van der Waals surface area contributed by atoms with Gasteiger partial charge in [0.1, 0.15) is 0 Å². The van der Waals surface area contributed by atoms with Gasteiger partial charge in [0, 0.05) is 23.0 Å². The lowest BCUT2D eigenvalue weighted by Gasteiger charge is -2.09. The second-order valence-corrected chi connectivity index (χ2v) is 4.26. The Bertz CT molecular complexity index is 659. The van der Waals surface area contributed by atoms with Crippen LogP contribution >= 0.6 is 0 Å². The van der Waals surface area contributed by atoms with Crippen LogP contribution in [0.25, 0.3) is 10.9 Å². The molecule has 1 aromatic carbocycles. The third kappa shape index (κ3) is 2.05. The zero-order valence-corrected chi connectivity index (χ0v) is 10.1. The molecule has 0 saturated carbocycles. The molecule has 0 aliphatic rings. The summed E-state index contributed by atoms with van der Waals surface area (Å²) in [5.41, 5.74) is 4.20. The standard InChI is InChI=1S/C14H14N4/c1-10-6-14(16-8-11-7-15-9-17-11)12-4-2-3-5-13(12)18-10/h2-7,9H,8H2,1H3,(H,15,17)(H,16,18). The number of hydrogen-bond acceptors (Lipinski definition) is 3. The van der Waals surface area contributed by atoms with Gasteiger partial charge in [-0.3, -0.25) is 4.98 Å². The molecule has 0 spiro atoms. The fraction of sp³-hybridized carbons (Fsp3) is 0.143.